The van der Waals surface area contributed by atoms with E-state index in [4.69, 9.17) is 0 Å². The van der Waals surface area contributed by atoms with E-state index in [-0.39, 0.29) is 0 Å². The second-order valence-electron chi connectivity index (χ2n) is 1.39. The van der Waals surface area contributed by atoms with Gasteiger partial charge in [-0.3, -0.25) is 0 Å². The molecular formula is C12H28. The third kappa shape index (κ3) is 311. The summed E-state index contributed by atoms with van der Waals surface area (Å²) in [5.41, 5.74) is 0. The second kappa shape index (κ2) is 77.8. The highest BCUT2D eigenvalue weighted by molar-refractivity contribution is 4.73. The van der Waals surface area contributed by atoms with Gasteiger partial charge in [0.05, 0.1) is 0 Å². The molecule has 0 amide bonds. The van der Waals surface area contributed by atoms with Crippen LogP contribution in [-0.4, -0.2) is 0 Å². The highest BCUT2D eigenvalue weighted by Gasteiger charge is 1.52. The molecule has 0 bridgehead atoms. The summed E-state index contributed by atoms with van der Waals surface area (Å²) in [6, 6.07) is 0. The van der Waals surface area contributed by atoms with E-state index >= 15 is 0 Å². The van der Waals surface area contributed by atoms with Gasteiger partial charge in [0.1, 0.15) is 0 Å². The molecule has 0 nitrogen and oxygen atoms in total. The minimum Gasteiger partial charge on any atom is -0.103 e. The first-order chi connectivity index (χ1) is 5.83. The average molecular weight is 172 g/mol. The van der Waals surface area contributed by atoms with E-state index < -0.39 is 0 Å². The molecule has 0 aromatic heterocycles. The van der Waals surface area contributed by atoms with Crippen molar-refractivity contribution in [1.82, 2.24) is 0 Å². The summed E-state index contributed by atoms with van der Waals surface area (Å²) >= 11 is 0. The van der Waals surface area contributed by atoms with Crippen molar-refractivity contribution in [2.75, 3.05) is 0 Å². The van der Waals surface area contributed by atoms with Crippen LogP contribution < -0.4 is 0 Å². The lowest BCUT2D eigenvalue weighted by molar-refractivity contribution is 1.22. The summed E-state index contributed by atoms with van der Waals surface area (Å²) in [6.07, 6.45) is 7.09. The van der Waals surface area contributed by atoms with Gasteiger partial charge >= 0.3 is 0 Å². The SMILES string of the molecule is C/C=C\CC.C=CC.CC.CC. The molecule has 0 unspecified atom stereocenters. The van der Waals surface area contributed by atoms with Gasteiger partial charge in [0, 0.05) is 0 Å². The van der Waals surface area contributed by atoms with Crippen LogP contribution in [0.1, 0.15) is 54.9 Å². The van der Waals surface area contributed by atoms with Gasteiger partial charge in [-0.15, -0.1) is 6.58 Å². The molecule has 76 valence electrons. The van der Waals surface area contributed by atoms with Gasteiger partial charge in [0.2, 0.25) is 0 Å². The van der Waals surface area contributed by atoms with Crippen LogP contribution >= 0.6 is 0 Å². The van der Waals surface area contributed by atoms with E-state index in [0.717, 1.165) is 6.42 Å². The highest BCUT2D eigenvalue weighted by atomic mass is 13.6. The van der Waals surface area contributed by atoms with E-state index in [9.17, 15) is 0 Å². The quantitative estimate of drug-likeness (QED) is 0.476. The van der Waals surface area contributed by atoms with E-state index in [1.54, 1.807) is 6.08 Å². The zero-order valence-electron chi connectivity index (χ0n) is 10.1. The molecule has 0 rings (SSSR count). The Hall–Kier alpha value is -0.520. The van der Waals surface area contributed by atoms with Crippen molar-refractivity contribution in [2.45, 2.75) is 54.9 Å². The summed E-state index contributed by atoms with van der Waals surface area (Å²) in [5, 5.41) is 0. The fourth-order valence-corrected chi connectivity index (χ4v) is 0.236. The maximum atomic E-state index is 3.36. The molecule has 0 N–H and O–H groups in total. The molecule has 0 saturated carbocycles. The molecule has 0 fully saturated rings. The molecular weight excluding hydrogens is 144 g/mol. The Bertz CT molecular complexity index is 51.1. The van der Waals surface area contributed by atoms with E-state index in [1.807, 2.05) is 41.5 Å². The number of rotatable bonds is 1. The average Bonchev–Trinajstić information content (AvgIpc) is 2.14. The van der Waals surface area contributed by atoms with E-state index in [0.29, 0.717) is 0 Å². The molecule has 0 aliphatic carbocycles. The predicted octanol–water partition coefficient (Wildman–Crippen LogP) is 5.22. The van der Waals surface area contributed by atoms with Gasteiger partial charge < -0.3 is 0 Å². The molecule has 0 aromatic rings. The summed E-state index contributed by atoms with van der Waals surface area (Å²) in [6.45, 7) is 17.4. The van der Waals surface area contributed by atoms with Crippen LogP contribution in [0.2, 0.25) is 0 Å². The van der Waals surface area contributed by atoms with E-state index in [1.165, 1.54) is 0 Å². The first kappa shape index (κ1) is 22.5. The molecule has 0 aromatic carbocycles. The van der Waals surface area contributed by atoms with Crippen molar-refractivity contribution in [2.24, 2.45) is 0 Å². The number of hydrogen-bond donors (Lipinski definition) is 0. The summed E-state index contributed by atoms with van der Waals surface area (Å²) < 4.78 is 0. The highest BCUT2D eigenvalue weighted by Crippen LogP contribution is 1.73. The smallest absolute Gasteiger partial charge is 0.0379 e. The summed E-state index contributed by atoms with van der Waals surface area (Å²) in [5.74, 6) is 0. The third-order valence-electron chi connectivity index (χ3n) is 0.471. The maximum Gasteiger partial charge on any atom is -0.0379 e. The molecule has 0 atom stereocenters. The van der Waals surface area contributed by atoms with E-state index in [2.05, 4.69) is 25.7 Å². The van der Waals surface area contributed by atoms with Gasteiger partial charge in [-0.1, -0.05) is 52.8 Å². The molecule has 12 heavy (non-hydrogen) atoms. The molecule has 0 radical (unpaired) electrons. The molecule has 0 aliphatic rings. The Morgan fingerprint density at radius 1 is 1.00 bits per heavy atom. The molecule has 0 aliphatic heterocycles. The molecule has 0 heterocycles. The van der Waals surface area contributed by atoms with Crippen molar-refractivity contribution >= 4 is 0 Å². The van der Waals surface area contributed by atoms with Gasteiger partial charge in [-0.25, -0.2) is 0 Å². The Labute approximate surface area is 80.4 Å². The van der Waals surface area contributed by atoms with Crippen LogP contribution in [0.15, 0.2) is 24.8 Å². The first-order valence-electron chi connectivity index (χ1n) is 5.01. The van der Waals surface area contributed by atoms with Crippen molar-refractivity contribution in [3.63, 3.8) is 0 Å². The third-order valence-corrected chi connectivity index (χ3v) is 0.471. The number of hydrogen-bond acceptors (Lipinski definition) is 0. The Morgan fingerprint density at radius 3 is 1.25 bits per heavy atom. The zero-order chi connectivity index (χ0) is 10.8. The molecule has 0 spiro atoms. The summed E-state index contributed by atoms with van der Waals surface area (Å²) in [7, 11) is 0. The maximum absolute atomic E-state index is 3.36. The Balaban J connectivity index is -0.0000000397. The fourth-order valence-electron chi connectivity index (χ4n) is 0.236. The number of allylic oxidation sites excluding steroid dienone is 3. The van der Waals surface area contributed by atoms with Crippen molar-refractivity contribution in [1.29, 1.82) is 0 Å². The largest absolute Gasteiger partial charge is 0.103 e. The van der Waals surface area contributed by atoms with Crippen LogP contribution in [0, 0.1) is 0 Å². The predicted molar refractivity (Wildman–Crippen MR) is 63.7 cm³/mol. The van der Waals surface area contributed by atoms with Crippen LogP contribution in [0.5, 0.6) is 0 Å². The monoisotopic (exact) mass is 172 g/mol. The normalized spacial score (nSPS) is 6.25. The van der Waals surface area contributed by atoms with Crippen LogP contribution in [0.4, 0.5) is 0 Å². The van der Waals surface area contributed by atoms with Crippen LogP contribution in [0.25, 0.3) is 0 Å². The van der Waals surface area contributed by atoms with Crippen LogP contribution in [0.3, 0.4) is 0 Å². The first-order valence-corrected chi connectivity index (χ1v) is 5.01. The molecule has 0 heteroatoms. The van der Waals surface area contributed by atoms with Gasteiger partial charge in [-0.2, -0.15) is 0 Å². The molecule has 0 saturated heterocycles. The lowest BCUT2D eigenvalue weighted by Crippen LogP contribution is -1.43. The minimum atomic E-state index is 1.16. The van der Waals surface area contributed by atoms with Gasteiger partial charge in [0.15, 0.2) is 0 Å². The summed E-state index contributed by atoms with van der Waals surface area (Å²) in [4.78, 5) is 0. The van der Waals surface area contributed by atoms with Gasteiger partial charge in [-0.05, 0) is 20.3 Å². The lowest BCUT2D eigenvalue weighted by Gasteiger charge is -1.65. The van der Waals surface area contributed by atoms with Crippen molar-refractivity contribution in [3.05, 3.63) is 24.8 Å². The zero-order valence-corrected chi connectivity index (χ0v) is 10.1. The van der Waals surface area contributed by atoms with Crippen LogP contribution in [-0.2, 0) is 0 Å². The topological polar surface area (TPSA) is 0 Å². The lowest BCUT2D eigenvalue weighted by atomic mass is 10.4. The Morgan fingerprint density at radius 2 is 1.25 bits per heavy atom. The Kier molecular flexibility index (Phi) is 146. The standard InChI is InChI=1S/C5H10.C3H6.2C2H6/c1-3-5-4-2;1-3-2;2*1-2/h3,5H,4H2,1-2H3;3H,1H2,2H3;2*1-2H3/b5-3-;;;. The fraction of sp³-hybridized carbons (Fsp3) is 0.667. The van der Waals surface area contributed by atoms with Crippen molar-refractivity contribution < 1.29 is 0 Å². The van der Waals surface area contributed by atoms with Gasteiger partial charge in [0.25, 0.3) is 0 Å². The second-order valence-corrected chi connectivity index (χ2v) is 1.39. The van der Waals surface area contributed by atoms with Crippen molar-refractivity contribution in [3.8, 4) is 0 Å². The minimum absolute atomic E-state index is 1.16.